The van der Waals surface area contributed by atoms with E-state index < -0.39 is 0 Å². The molecule has 1 heterocycles. The van der Waals surface area contributed by atoms with Crippen LogP contribution in [0.15, 0.2) is 16.5 Å². The van der Waals surface area contributed by atoms with Gasteiger partial charge in [-0.1, -0.05) is 0 Å². The fraction of sp³-hybridized carbons (Fsp3) is 0.615. The number of hydrogen-bond donors (Lipinski definition) is 1. The molecule has 1 aromatic heterocycles. The zero-order valence-corrected chi connectivity index (χ0v) is 11.3. The second-order valence-corrected chi connectivity index (χ2v) is 5.48. The maximum atomic E-state index is 11.7. The van der Waals surface area contributed by atoms with E-state index in [9.17, 15) is 4.79 Å². The summed E-state index contributed by atoms with van der Waals surface area (Å²) in [4.78, 5) is 13.6. The van der Waals surface area contributed by atoms with Crippen molar-refractivity contribution in [2.75, 3.05) is 13.6 Å². The van der Waals surface area contributed by atoms with Crippen molar-refractivity contribution in [3.8, 4) is 0 Å². The van der Waals surface area contributed by atoms with Crippen LogP contribution in [0.2, 0.25) is 0 Å². The first-order chi connectivity index (χ1) is 7.76. The predicted octanol–water partition coefficient (Wildman–Crippen LogP) is 1.93. The minimum atomic E-state index is -0.181. The number of nitrogens with one attached hydrogen (secondary N) is 1. The summed E-state index contributed by atoms with van der Waals surface area (Å²) in [6, 6.07) is 3.87. The first-order valence-corrected chi connectivity index (χ1v) is 5.81. The van der Waals surface area contributed by atoms with Gasteiger partial charge in [0.05, 0.1) is 13.1 Å². The standard InChI is InChI=1S/C13H22N2O2/c1-10-6-7-11(17-10)8-15(5)9-12(16)14-13(2,3)4/h6-7H,8-9H2,1-5H3,(H,14,16). The van der Waals surface area contributed by atoms with Crippen LogP contribution in [-0.4, -0.2) is 29.9 Å². The topological polar surface area (TPSA) is 45.5 Å². The average molecular weight is 238 g/mol. The molecule has 1 N–H and O–H groups in total. The Balaban J connectivity index is 2.39. The Morgan fingerprint density at radius 3 is 2.53 bits per heavy atom. The van der Waals surface area contributed by atoms with E-state index >= 15 is 0 Å². The molecule has 0 aliphatic rings. The number of furan rings is 1. The van der Waals surface area contributed by atoms with Crippen LogP contribution in [0.5, 0.6) is 0 Å². The minimum Gasteiger partial charge on any atom is -0.465 e. The lowest BCUT2D eigenvalue weighted by Gasteiger charge is -2.22. The van der Waals surface area contributed by atoms with Gasteiger partial charge in [0.2, 0.25) is 5.91 Å². The number of carbonyl (C=O) groups excluding carboxylic acids is 1. The molecule has 0 aromatic carbocycles. The summed E-state index contributed by atoms with van der Waals surface area (Å²) in [5.74, 6) is 1.81. The summed E-state index contributed by atoms with van der Waals surface area (Å²) in [7, 11) is 1.90. The van der Waals surface area contributed by atoms with E-state index in [1.807, 2.05) is 51.8 Å². The van der Waals surface area contributed by atoms with Gasteiger partial charge in [0.15, 0.2) is 0 Å². The van der Waals surface area contributed by atoms with Gasteiger partial charge in [-0.05, 0) is 46.9 Å². The van der Waals surface area contributed by atoms with Crippen LogP contribution in [0.1, 0.15) is 32.3 Å². The quantitative estimate of drug-likeness (QED) is 0.872. The molecule has 0 saturated carbocycles. The van der Waals surface area contributed by atoms with Gasteiger partial charge >= 0.3 is 0 Å². The summed E-state index contributed by atoms with van der Waals surface area (Å²) >= 11 is 0. The summed E-state index contributed by atoms with van der Waals surface area (Å²) in [6.45, 7) is 8.85. The fourth-order valence-corrected chi connectivity index (χ4v) is 1.59. The van der Waals surface area contributed by atoms with Gasteiger partial charge in [-0.2, -0.15) is 0 Å². The Bertz CT molecular complexity index is 377. The SMILES string of the molecule is Cc1ccc(CN(C)CC(=O)NC(C)(C)C)o1. The molecule has 17 heavy (non-hydrogen) atoms. The van der Waals surface area contributed by atoms with Crippen molar-refractivity contribution < 1.29 is 9.21 Å². The highest BCUT2D eigenvalue weighted by Gasteiger charge is 2.15. The lowest BCUT2D eigenvalue weighted by molar-refractivity contribution is -0.123. The van der Waals surface area contributed by atoms with E-state index in [4.69, 9.17) is 4.42 Å². The highest BCUT2D eigenvalue weighted by Crippen LogP contribution is 2.08. The van der Waals surface area contributed by atoms with Crippen LogP contribution in [0.4, 0.5) is 0 Å². The summed E-state index contributed by atoms with van der Waals surface area (Å²) in [5.41, 5.74) is -0.181. The fourth-order valence-electron chi connectivity index (χ4n) is 1.59. The summed E-state index contributed by atoms with van der Waals surface area (Å²) in [6.07, 6.45) is 0. The molecule has 0 fully saturated rings. The Labute approximate surface area is 103 Å². The third-order valence-corrected chi connectivity index (χ3v) is 2.15. The van der Waals surface area contributed by atoms with Crippen LogP contribution in [0.3, 0.4) is 0 Å². The highest BCUT2D eigenvalue weighted by atomic mass is 16.3. The van der Waals surface area contributed by atoms with Crippen molar-refractivity contribution in [2.24, 2.45) is 0 Å². The first kappa shape index (κ1) is 13.8. The van der Waals surface area contributed by atoms with Gasteiger partial charge in [-0.3, -0.25) is 9.69 Å². The Morgan fingerprint density at radius 1 is 1.41 bits per heavy atom. The second-order valence-electron chi connectivity index (χ2n) is 5.48. The third kappa shape index (κ3) is 5.54. The summed E-state index contributed by atoms with van der Waals surface area (Å²) in [5, 5.41) is 2.93. The van der Waals surface area contributed by atoms with E-state index in [2.05, 4.69) is 5.32 Å². The van der Waals surface area contributed by atoms with E-state index in [1.54, 1.807) is 0 Å². The van der Waals surface area contributed by atoms with E-state index in [0.717, 1.165) is 11.5 Å². The zero-order chi connectivity index (χ0) is 13.1. The number of nitrogens with zero attached hydrogens (tertiary/aromatic N) is 1. The molecule has 1 rings (SSSR count). The minimum absolute atomic E-state index is 0.0308. The zero-order valence-electron chi connectivity index (χ0n) is 11.3. The predicted molar refractivity (Wildman–Crippen MR) is 67.7 cm³/mol. The number of likely N-dealkylation sites (N-methyl/N-ethyl adjacent to an activating group) is 1. The van der Waals surface area contributed by atoms with Crippen molar-refractivity contribution in [1.82, 2.24) is 10.2 Å². The van der Waals surface area contributed by atoms with E-state index in [-0.39, 0.29) is 11.4 Å². The van der Waals surface area contributed by atoms with Crippen molar-refractivity contribution in [3.63, 3.8) is 0 Å². The van der Waals surface area contributed by atoms with Gasteiger partial charge in [-0.15, -0.1) is 0 Å². The molecule has 0 bridgehead atoms. The molecule has 0 aliphatic carbocycles. The van der Waals surface area contributed by atoms with Gasteiger partial charge in [0.25, 0.3) is 0 Å². The Morgan fingerprint density at radius 2 is 2.06 bits per heavy atom. The molecule has 1 amide bonds. The number of rotatable bonds is 4. The molecule has 1 aromatic rings. The molecule has 4 heteroatoms. The molecule has 0 spiro atoms. The molecule has 96 valence electrons. The smallest absolute Gasteiger partial charge is 0.234 e. The van der Waals surface area contributed by atoms with Crippen molar-refractivity contribution in [1.29, 1.82) is 0 Å². The van der Waals surface area contributed by atoms with Crippen LogP contribution >= 0.6 is 0 Å². The Kier molecular flexibility index (Phi) is 4.34. The van der Waals surface area contributed by atoms with Gasteiger partial charge in [0, 0.05) is 5.54 Å². The lowest BCUT2D eigenvalue weighted by atomic mass is 10.1. The molecule has 0 saturated heterocycles. The highest BCUT2D eigenvalue weighted by molar-refractivity contribution is 5.78. The number of hydrogen-bond acceptors (Lipinski definition) is 3. The monoisotopic (exact) mass is 238 g/mol. The van der Waals surface area contributed by atoms with Crippen molar-refractivity contribution in [3.05, 3.63) is 23.7 Å². The molecule has 0 atom stereocenters. The van der Waals surface area contributed by atoms with Crippen LogP contribution in [-0.2, 0) is 11.3 Å². The molecule has 0 unspecified atom stereocenters. The largest absolute Gasteiger partial charge is 0.465 e. The van der Waals surface area contributed by atoms with Crippen molar-refractivity contribution in [2.45, 2.75) is 39.8 Å². The molecule has 0 aliphatic heterocycles. The maximum Gasteiger partial charge on any atom is 0.234 e. The van der Waals surface area contributed by atoms with Gasteiger partial charge < -0.3 is 9.73 Å². The number of carbonyl (C=O) groups is 1. The van der Waals surface area contributed by atoms with E-state index in [1.165, 1.54) is 0 Å². The van der Waals surface area contributed by atoms with Crippen LogP contribution in [0, 0.1) is 6.92 Å². The molecular formula is C13H22N2O2. The van der Waals surface area contributed by atoms with Gasteiger partial charge in [0.1, 0.15) is 11.5 Å². The Hall–Kier alpha value is -1.29. The van der Waals surface area contributed by atoms with Crippen molar-refractivity contribution >= 4 is 5.91 Å². The lowest BCUT2D eigenvalue weighted by Crippen LogP contribution is -2.45. The average Bonchev–Trinajstić information content (AvgIpc) is 2.46. The second kappa shape index (κ2) is 5.36. The normalized spacial score (nSPS) is 11.9. The molecule has 0 radical (unpaired) electrons. The van der Waals surface area contributed by atoms with Gasteiger partial charge in [-0.25, -0.2) is 0 Å². The first-order valence-electron chi connectivity index (χ1n) is 5.81. The number of aryl methyl sites for hydroxylation is 1. The number of amides is 1. The van der Waals surface area contributed by atoms with Crippen LogP contribution < -0.4 is 5.32 Å². The molecular weight excluding hydrogens is 216 g/mol. The van der Waals surface area contributed by atoms with Crippen LogP contribution in [0.25, 0.3) is 0 Å². The maximum absolute atomic E-state index is 11.7. The summed E-state index contributed by atoms with van der Waals surface area (Å²) < 4.78 is 5.46. The molecule has 4 nitrogen and oxygen atoms in total. The third-order valence-electron chi connectivity index (χ3n) is 2.15. The van der Waals surface area contributed by atoms with E-state index in [0.29, 0.717) is 13.1 Å².